The van der Waals surface area contributed by atoms with Gasteiger partial charge in [-0.3, -0.25) is 0 Å². The van der Waals surface area contributed by atoms with Crippen molar-refractivity contribution in [2.45, 2.75) is 6.92 Å². The number of halogens is 1. The molecular weight excluding hydrogens is 119 g/mol. The topological polar surface area (TPSA) is 23.1 Å². The second-order valence-electron chi connectivity index (χ2n) is 1.93. The van der Waals surface area contributed by atoms with Crippen LogP contribution in [-0.4, -0.2) is 0 Å². The van der Waals surface area contributed by atoms with E-state index < -0.39 is 11.6 Å². The lowest BCUT2D eigenvalue weighted by molar-refractivity contribution is -0.272. The number of hydrogen-bond donors (Lipinski definition) is 0. The zero-order valence-electron chi connectivity index (χ0n) is 5.02. The first-order valence-electron chi connectivity index (χ1n) is 2.63. The van der Waals surface area contributed by atoms with Gasteiger partial charge in [-0.25, -0.2) is 4.39 Å². The van der Waals surface area contributed by atoms with Crippen molar-refractivity contribution in [3.8, 4) is 5.75 Å². The largest absolute Gasteiger partial charge is 0.870 e. The van der Waals surface area contributed by atoms with Crippen LogP contribution in [0.4, 0.5) is 4.39 Å². The molecule has 0 radical (unpaired) electrons. The van der Waals surface area contributed by atoms with Gasteiger partial charge < -0.3 is 5.11 Å². The summed E-state index contributed by atoms with van der Waals surface area (Å²) in [6.45, 7) is 1.74. The Labute approximate surface area is 52.8 Å². The van der Waals surface area contributed by atoms with Crippen LogP contribution in [0.15, 0.2) is 18.2 Å². The van der Waals surface area contributed by atoms with E-state index in [-0.39, 0.29) is 0 Å². The Kier molecular flexibility index (Phi) is 1.39. The molecule has 0 aliphatic heterocycles. The van der Waals surface area contributed by atoms with Crippen LogP contribution < -0.4 is 5.11 Å². The predicted molar refractivity (Wildman–Crippen MR) is 30.6 cm³/mol. The highest BCUT2D eigenvalue weighted by molar-refractivity contribution is 5.25. The van der Waals surface area contributed by atoms with Crippen LogP contribution in [0.5, 0.6) is 5.75 Å². The number of rotatable bonds is 0. The highest BCUT2D eigenvalue weighted by Gasteiger charge is 1.88. The molecule has 1 nitrogen and oxygen atoms in total. The Hall–Kier alpha value is -1.05. The van der Waals surface area contributed by atoms with E-state index in [0.29, 0.717) is 0 Å². The maximum Gasteiger partial charge on any atom is 0.115 e. The smallest absolute Gasteiger partial charge is 0.115 e. The fourth-order valence-corrected chi connectivity index (χ4v) is 0.606. The molecule has 2 heteroatoms. The summed E-state index contributed by atoms with van der Waals surface area (Å²) < 4.78 is 12.3. The zero-order chi connectivity index (χ0) is 6.85. The quantitative estimate of drug-likeness (QED) is 0.511. The first kappa shape index (κ1) is 6.08. The normalized spacial score (nSPS) is 9.56. The third kappa shape index (κ3) is 1.19. The van der Waals surface area contributed by atoms with Gasteiger partial charge in [0.2, 0.25) is 0 Å². The maximum atomic E-state index is 12.3. The van der Waals surface area contributed by atoms with Gasteiger partial charge in [0.15, 0.2) is 0 Å². The fraction of sp³-hybridized carbons (Fsp3) is 0.143. The molecule has 0 unspecified atom stereocenters. The molecule has 0 amide bonds. The highest BCUT2D eigenvalue weighted by Crippen LogP contribution is 2.11. The first-order chi connectivity index (χ1) is 4.20. The van der Waals surface area contributed by atoms with E-state index >= 15 is 0 Å². The molecule has 0 aliphatic rings. The number of hydrogen-bond acceptors (Lipinski definition) is 1. The zero-order valence-corrected chi connectivity index (χ0v) is 5.02. The molecular formula is C7H6FO-. The van der Waals surface area contributed by atoms with Gasteiger partial charge in [-0.1, -0.05) is 17.9 Å². The minimum Gasteiger partial charge on any atom is -0.870 e. The summed E-state index contributed by atoms with van der Waals surface area (Å²) >= 11 is 0. The summed E-state index contributed by atoms with van der Waals surface area (Å²) in [5.74, 6) is -1.21. The molecule has 0 heterocycles. The van der Waals surface area contributed by atoms with E-state index in [0.717, 1.165) is 5.56 Å². The van der Waals surface area contributed by atoms with Gasteiger partial charge in [-0.2, -0.15) is 0 Å². The van der Waals surface area contributed by atoms with Crippen LogP contribution in [0.3, 0.4) is 0 Å². The van der Waals surface area contributed by atoms with Crippen LogP contribution in [0.25, 0.3) is 0 Å². The molecule has 0 fully saturated rings. The molecule has 0 spiro atoms. The maximum absolute atomic E-state index is 12.3. The lowest BCUT2D eigenvalue weighted by Gasteiger charge is -2.05. The Bertz CT molecular complexity index is 220. The van der Waals surface area contributed by atoms with Gasteiger partial charge in [0.05, 0.1) is 0 Å². The second kappa shape index (κ2) is 2.05. The Morgan fingerprint density at radius 1 is 1.44 bits per heavy atom. The Morgan fingerprint density at radius 2 is 2.11 bits per heavy atom. The summed E-state index contributed by atoms with van der Waals surface area (Å²) in [6.07, 6.45) is 0. The second-order valence-corrected chi connectivity index (χ2v) is 1.93. The number of benzene rings is 1. The summed E-state index contributed by atoms with van der Waals surface area (Å²) in [4.78, 5) is 0. The van der Waals surface area contributed by atoms with Crippen molar-refractivity contribution in [1.82, 2.24) is 0 Å². The fourth-order valence-electron chi connectivity index (χ4n) is 0.606. The molecule has 1 rings (SSSR count). The molecule has 0 atom stereocenters. The van der Waals surface area contributed by atoms with Gasteiger partial charge in [0.25, 0.3) is 0 Å². The summed E-state index contributed by atoms with van der Waals surface area (Å²) in [5, 5.41) is 10.4. The van der Waals surface area contributed by atoms with Crippen LogP contribution in [0.2, 0.25) is 0 Å². The summed E-state index contributed by atoms with van der Waals surface area (Å²) in [7, 11) is 0. The molecule has 0 N–H and O–H groups in total. The third-order valence-corrected chi connectivity index (χ3v) is 1.09. The molecule has 48 valence electrons. The molecule has 0 aliphatic carbocycles. The van der Waals surface area contributed by atoms with Gasteiger partial charge in [-0.05, 0) is 18.6 Å². The van der Waals surface area contributed by atoms with Gasteiger partial charge >= 0.3 is 0 Å². The third-order valence-electron chi connectivity index (χ3n) is 1.09. The van der Waals surface area contributed by atoms with Crippen molar-refractivity contribution in [2.24, 2.45) is 0 Å². The van der Waals surface area contributed by atoms with E-state index in [1.54, 1.807) is 13.0 Å². The van der Waals surface area contributed by atoms with Gasteiger partial charge in [-0.15, -0.1) is 0 Å². The number of aryl methyl sites for hydroxylation is 1. The lowest BCUT2D eigenvalue weighted by Crippen LogP contribution is -1.93. The van der Waals surface area contributed by atoms with Crippen LogP contribution in [0.1, 0.15) is 5.56 Å². The van der Waals surface area contributed by atoms with E-state index in [9.17, 15) is 9.50 Å². The van der Waals surface area contributed by atoms with Crippen LogP contribution in [0, 0.1) is 12.7 Å². The minimum absolute atomic E-state index is 0.541. The monoisotopic (exact) mass is 125 g/mol. The van der Waals surface area contributed by atoms with E-state index in [4.69, 9.17) is 0 Å². The average Bonchev–Trinajstić information content (AvgIpc) is 1.80. The van der Waals surface area contributed by atoms with Crippen molar-refractivity contribution < 1.29 is 9.50 Å². The SMILES string of the molecule is Cc1ccc([O-])c(F)c1. The average molecular weight is 125 g/mol. The van der Waals surface area contributed by atoms with Crippen molar-refractivity contribution in [2.75, 3.05) is 0 Å². The molecule has 1 aromatic rings. The summed E-state index contributed by atoms with van der Waals surface area (Å²) in [5.41, 5.74) is 0.770. The lowest BCUT2D eigenvalue weighted by atomic mass is 10.2. The molecule has 9 heavy (non-hydrogen) atoms. The van der Waals surface area contributed by atoms with E-state index in [1.807, 2.05) is 0 Å². The molecule has 1 aromatic carbocycles. The van der Waals surface area contributed by atoms with Crippen LogP contribution >= 0.6 is 0 Å². The van der Waals surface area contributed by atoms with Gasteiger partial charge in [0.1, 0.15) is 5.82 Å². The highest BCUT2D eigenvalue weighted by atomic mass is 19.1. The van der Waals surface area contributed by atoms with Crippen LogP contribution in [-0.2, 0) is 0 Å². The Morgan fingerprint density at radius 3 is 2.56 bits per heavy atom. The van der Waals surface area contributed by atoms with Crippen molar-refractivity contribution in [3.05, 3.63) is 29.6 Å². The summed E-state index contributed by atoms with van der Waals surface area (Å²) in [6, 6.07) is 4.04. The molecule has 0 saturated carbocycles. The molecule has 0 bridgehead atoms. The standard InChI is InChI=1S/C7H7FO/c1-5-2-3-7(9)6(8)4-5/h2-4,9H,1H3/p-1. The van der Waals surface area contributed by atoms with E-state index in [1.165, 1.54) is 12.1 Å². The van der Waals surface area contributed by atoms with E-state index in [2.05, 4.69) is 0 Å². The minimum atomic E-state index is -0.671. The van der Waals surface area contributed by atoms with Crippen molar-refractivity contribution >= 4 is 0 Å². The first-order valence-corrected chi connectivity index (χ1v) is 2.63. The molecule has 0 saturated heterocycles. The Balaban J connectivity index is 3.17. The van der Waals surface area contributed by atoms with Crippen molar-refractivity contribution in [1.29, 1.82) is 0 Å². The predicted octanol–water partition coefficient (Wildman–Crippen LogP) is 1.21. The van der Waals surface area contributed by atoms with Gasteiger partial charge in [0, 0.05) is 0 Å². The molecule has 0 aromatic heterocycles. The van der Waals surface area contributed by atoms with Crippen molar-refractivity contribution in [3.63, 3.8) is 0 Å².